The van der Waals surface area contributed by atoms with Crippen LogP contribution in [-0.4, -0.2) is 40.9 Å². The van der Waals surface area contributed by atoms with E-state index in [0.717, 1.165) is 24.3 Å². The largest absolute Gasteiger partial charge is 0.391 e. The predicted molar refractivity (Wildman–Crippen MR) is 68.9 cm³/mol. The van der Waals surface area contributed by atoms with Crippen LogP contribution in [0.3, 0.4) is 0 Å². The molecule has 1 aromatic carbocycles. The molecular weight excluding hydrogens is 253 g/mol. The molecule has 1 aromatic rings. The molecule has 98 valence electrons. The van der Waals surface area contributed by atoms with Crippen LogP contribution >= 0.6 is 11.8 Å². The molecule has 0 aromatic heterocycles. The molecule has 2 rings (SSSR count). The SMILES string of the molecule is O=C(CSc1ccc(F)cc1)N1CCC[C@H](O)C1. The molecule has 1 N–H and O–H groups in total. The van der Waals surface area contributed by atoms with E-state index >= 15 is 0 Å². The number of piperidine rings is 1. The minimum atomic E-state index is -0.390. The summed E-state index contributed by atoms with van der Waals surface area (Å²) in [4.78, 5) is 14.5. The summed E-state index contributed by atoms with van der Waals surface area (Å²) in [5.41, 5.74) is 0. The van der Waals surface area contributed by atoms with Crippen LogP contribution < -0.4 is 0 Å². The summed E-state index contributed by atoms with van der Waals surface area (Å²) >= 11 is 1.39. The minimum Gasteiger partial charge on any atom is -0.391 e. The van der Waals surface area contributed by atoms with Gasteiger partial charge in [0.1, 0.15) is 5.82 Å². The Balaban J connectivity index is 1.82. The van der Waals surface area contributed by atoms with Crippen molar-refractivity contribution in [3.8, 4) is 0 Å². The Kier molecular flexibility index (Phi) is 4.60. The number of aliphatic hydroxyl groups is 1. The van der Waals surface area contributed by atoms with Gasteiger partial charge in [-0.1, -0.05) is 0 Å². The smallest absolute Gasteiger partial charge is 0.233 e. The van der Waals surface area contributed by atoms with Gasteiger partial charge in [-0.2, -0.15) is 0 Å². The summed E-state index contributed by atoms with van der Waals surface area (Å²) in [6, 6.07) is 6.10. The van der Waals surface area contributed by atoms with Crippen LogP contribution in [0, 0.1) is 5.82 Å². The Morgan fingerprint density at radius 3 is 2.83 bits per heavy atom. The fourth-order valence-electron chi connectivity index (χ4n) is 1.95. The molecule has 0 radical (unpaired) electrons. The first-order valence-corrected chi connectivity index (χ1v) is 6.98. The van der Waals surface area contributed by atoms with Crippen molar-refractivity contribution in [3.63, 3.8) is 0 Å². The van der Waals surface area contributed by atoms with Gasteiger partial charge < -0.3 is 10.0 Å². The highest BCUT2D eigenvalue weighted by molar-refractivity contribution is 8.00. The minimum absolute atomic E-state index is 0.0306. The van der Waals surface area contributed by atoms with Gasteiger partial charge in [0.2, 0.25) is 5.91 Å². The van der Waals surface area contributed by atoms with E-state index in [4.69, 9.17) is 0 Å². The monoisotopic (exact) mass is 269 g/mol. The van der Waals surface area contributed by atoms with E-state index in [9.17, 15) is 14.3 Å². The summed E-state index contributed by atoms with van der Waals surface area (Å²) in [5, 5.41) is 9.50. The fraction of sp³-hybridized carbons (Fsp3) is 0.462. The van der Waals surface area contributed by atoms with Crippen molar-refractivity contribution in [2.45, 2.75) is 23.8 Å². The Hall–Kier alpha value is -1.07. The Morgan fingerprint density at radius 2 is 2.17 bits per heavy atom. The van der Waals surface area contributed by atoms with E-state index in [0.29, 0.717) is 12.3 Å². The Morgan fingerprint density at radius 1 is 1.44 bits per heavy atom. The topological polar surface area (TPSA) is 40.5 Å². The van der Waals surface area contributed by atoms with Crippen LogP contribution in [0.5, 0.6) is 0 Å². The zero-order valence-corrected chi connectivity index (χ0v) is 10.8. The maximum absolute atomic E-state index is 12.7. The number of hydrogen-bond donors (Lipinski definition) is 1. The molecule has 1 heterocycles. The first-order valence-electron chi connectivity index (χ1n) is 5.99. The van der Waals surface area contributed by atoms with E-state index in [1.807, 2.05) is 0 Å². The summed E-state index contributed by atoms with van der Waals surface area (Å²) < 4.78 is 12.7. The normalized spacial score (nSPS) is 19.9. The zero-order chi connectivity index (χ0) is 13.0. The van der Waals surface area contributed by atoms with Crippen molar-refractivity contribution in [2.75, 3.05) is 18.8 Å². The molecule has 5 heteroatoms. The number of benzene rings is 1. The van der Waals surface area contributed by atoms with Crippen molar-refractivity contribution in [3.05, 3.63) is 30.1 Å². The van der Waals surface area contributed by atoms with Crippen LogP contribution in [0.25, 0.3) is 0 Å². The zero-order valence-electron chi connectivity index (χ0n) is 10.0. The molecule has 0 saturated carbocycles. The first kappa shape index (κ1) is 13.4. The molecule has 1 saturated heterocycles. The lowest BCUT2D eigenvalue weighted by molar-refractivity contribution is -0.131. The van der Waals surface area contributed by atoms with Crippen molar-refractivity contribution >= 4 is 17.7 Å². The van der Waals surface area contributed by atoms with E-state index in [1.54, 1.807) is 17.0 Å². The summed E-state index contributed by atoms with van der Waals surface area (Å²) in [6.07, 6.45) is 1.24. The first-order chi connectivity index (χ1) is 8.65. The van der Waals surface area contributed by atoms with E-state index in [2.05, 4.69) is 0 Å². The third-order valence-electron chi connectivity index (χ3n) is 2.93. The summed E-state index contributed by atoms with van der Waals surface area (Å²) in [5.74, 6) is 0.0890. The number of halogens is 1. The number of amides is 1. The maximum atomic E-state index is 12.7. The summed E-state index contributed by atoms with van der Waals surface area (Å²) in [6.45, 7) is 1.16. The lowest BCUT2D eigenvalue weighted by Gasteiger charge is -2.30. The van der Waals surface area contributed by atoms with Gasteiger partial charge in [0, 0.05) is 18.0 Å². The van der Waals surface area contributed by atoms with Crippen molar-refractivity contribution in [1.29, 1.82) is 0 Å². The van der Waals surface area contributed by atoms with Crippen molar-refractivity contribution < 1.29 is 14.3 Å². The molecular formula is C13H16FNO2S. The Bertz CT molecular complexity index is 410. The van der Waals surface area contributed by atoms with Gasteiger partial charge in [-0.25, -0.2) is 4.39 Å². The number of rotatable bonds is 3. The van der Waals surface area contributed by atoms with Crippen LogP contribution in [0.1, 0.15) is 12.8 Å². The van der Waals surface area contributed by atoms with E-state index in [1.165, 1.54) is 23.9 Å². The molecule has 0 unspecified atom stereocenters. The van der Waals surface area contributed by atoms with Gasteiger partial charge in [-0.05, 0) is 37.1 Å². The van der Waals surface area contributed by atoms with Crippen molar-refractivity contribution in [2.24, 2.45) is 0 Å². The van der Waals surface area contributed by atoms with E-state index < -0.39 is 6.10 Å². The fourth-order valence-corrected chi connectivity index (χ4v) is 2.75. The van der Waals surface area contributed by atoms with E-state index in [-0.39, 0.29) is 11.7 Å². The highest BCUT2D eigenvalue weighted by Crippen LogP contribution is 2.19. The number of hydrogen-bond acceptors (Lipinski definition) is 3. The number of β-amino-alcohol motifs (C(OH)–C–C–N with tert-alkyl or cyclic N) is 1. The van der Waals surface area contributed by atoms with Gasteiger partial charge in [0.15, 0.2) is 0 Å². The van der Waals surface area contributed by atoms with Crippen LogP contribution in [0.15, 0.2) is 29.2 Å². The third kappa shape index (κ3) is 3.71. The number of likely N-dealkylation sites (tertiary alicyclic amines) is 1. The number of aliphatic hydroxyl groups excluding tert-OH is 1. The maximum Gasteiger partial charge on any atom is 0.233 e. The van der Waals surface area contributed by atoms with Gasteiger partial charge in [0.05, 0.1) is 11.9 Å². The van der Waals surface area contributed by atoms with Crippen LogP contribution in [0.2, 0.25) is 0 Å². The number of carbonyl (C=O) groups excluding carboxylic acids is 1. The molecule has 1 fully saturated rings. The highest BCUT2D eigenvalue weighted by atomic mass is 32.2. The number of nitrogens with zero attached hydrogens (tertiary/aromatic N) is 1. The average molecular weight is 269 g/mol. The number of thioether (sulfide) groups is 1. The molecule has 1 atom stereocenters. The Labute approximate surface area is 110 Å². The molecule has 3 nitrogen and oxygen atoms in total. The molecule has 1 aliphatic rings. The quantitative estimate of drug-likeness (QED) is 0.852. The molecule has 1 aliphatic heterocycles. The second-order valence-electron chi connectivity index (χ2n) is 4.38. The molecule has 1 amide bonds. The van der Waals surface area contributed by atoms with Gasteiger partial charge in [-0.3, -0.25) is 4.79 Å². The van der Waals surface area contributed by atoms with Gasteiger partial charge >= 0.3 is 0 Å². The van der Waals surface area contributed by atoms with Crippen LogP contribution in [0.4, 0.5) is 4.39 Å². The van der Waals surface area contributed by atoms with Crippen molar-refractivity contribution in [1.82, 2.24) is 4.90 Å². The predicted octanol–water partition coefficient (Wildman–Crippen LogP) is 1.90. The lowest BCUT2D eigenvalue weighted by atomic mass is 10.1. The average Bonchev–Trinajstić information content (AvgIpc) is 2.38. The lowest BCUT2D eigenvalue weighted by Crippen LogP contribution is -2.42. The molecule has 18 heavy (non-hydrogen) atoms. The molecule has 0 bridgehead atoms. The molecule has 0 aliphatic carbocycles. The highest BCUT2D eigenvalue weighted by Gasteiger charge is 2.21. The second-order valence-corrected chi connectivity index (χ2v) is 5.43. The second kappa shape index (κ2) is 6.20. The van der Waals surface area contributed by atoms with Gasteiger partial charge in [-0.15, -0.1) is 11.8 Å². The van der Waals surface area contributed by atoms with Gasteiger partial charge in [0.25, 0.3) is 0 Å². The standard InChI is InChI=1S/C13H16FNO2S/c14-10-3-5-12(6-4-10)18-9-13(17)15-7-1-2-11(16)8-15/h3-6,11,16H,1-2,7-9H2/t11-/m0/s1. The third-order valence-corrected chi connectivity index (χ3v) is 3.92. The summed E-state index contributed by atoms with van der Waals surface area (Å²) in [7, 11) is 0. The van der Waals surface area contributed by atoms with Crippen LogP contribution in [-0.2, 0) is 4.79 Å². The number of carbonyl (C=O) groups is 1. The molecule has 0 spiro atoms.